The van der Waals surface area contributed by atoms with E-state index < -0.39 is 0 Å². The van der Waals surface area contributed by atoms with Crippen LogP contribution < -0.4 is 5.32 Å². The molecule has 3 saturated carbocycles. The molecule has 0 aromatic heterocycles. The number of amides is 2. The van der Waals surface area contributed by atoms with Gasteiger partial charge in [-0.15, -0.1) is 0 Å². The molecule has 1 N–H and O–H groups in total. The highest BCUT2D eigenvalue weighted by Crippen LogP contribution is 2.48. The molecule has 0 spiro atoms. The molecule has 4 aliphatic rings. The van der Waals surface area contributed by atoms with Gasteiger partial charge in [0.1, 0.15) is 0 Å². The molecule has 4 fully saturated rings. The van der Waals surface area contributed by atoms with Crippen LogP contribution in [0.4, 0.5) is 0 Å². The molecule has 1 heterocycles. The number of hydrogen-bond donors (Lipinski definition) is 1. The Kier molecular flexibility index (Phi) is 4.08. The lowest BCUT2D eigenvalue weighted by Gasteiger charge is -2.39. The first kappa shape index (κ1) is 15.4. The van der Waals surface area contributed by atoms with E-state index in [0.29, 0.717) is 23.8 Å². The van der Waals surface area contributed by atoms with Gasteiger partial charge in [-0.2, -0.15) is 0 Å². The average Bonchev–Trinajstić information content (AvgIpc) is 3.13. The largest absolute Gasteiger partial charge is 0.352 e. The van der Waals surface area contributed by atoms with E-state index in [0.717, 1.165) is 51.4 Å². The van der Waals surface area contributed by atoms with Crippen LogP contribution in [0.5, 0.6) is 0 Å². The summed E-state index contributed by atoms with van der Waals surface area (Å²) in [5.74, 6) is 2.33. The second kappa shape index (κ2) is 6.08. The molecule has 5 nitrogen and oxygen atoms in total. The fourth-order valence-electron chi connectivity index (χ4n) is 4.83. The topological polar surface area (TPSA) is 52.7 Å². The van der Waals surface area contributed by atoms with Gasteiger partial charge in [-0.3, -0.25) is 14.5 Å². The van der Waals surface area contributed by atoms with Crippen molar-refractivity contribution in [2.75, 3.05) is 26.2 Å². The third-order valence-electron chi connectivity index (χ3n) is 6.53. The van der Waals surface area contributed by atoms with Gasteiger partial charge in [0.15, 0.2) is 0 Å². The van der Waals surface area contributed by atoms with Gasteiger partial charge >= 0.3 is 0 Å². The van der Waals surface area contributed by atoms with Crippen LogP contribution in [0.25, 0.3) is 0 Å². The van der Waals surface area contributed by atoms with Crippen LogP contribution in [0.2, 0.25) is 0 Å². The summed E-state index contributed by atoms with van der Waals surface area (Å²) in [5, 5.41) is 3.09. The summed E-state index contributed by atoms with van der Waals surface area (Å²) in [5.41, 5.74) is 0. The highest BCUT2D eigenvalue weighted by Gasteiger charge is 2.44. The molecule has 1 saturated heterocycles. The quantitative estimate of drug-likeness (QED) is 0.848. The molecule has 0 aromatic rings. The summed E-state index contributed by atoms with van der Waals surface area (Å²) >= 11 is 0. The number of fused-ring (bicyclic) bond motifs is 2. The zero-order chi connectivity index (χ0) is 16.0. The van der Waals surface area contributed by atoms with Crippen molar-refractivity contribution in [1.29, 1.82) is 0 Å². The van der Waals surface area contributed by atoms with Crippen LogP contribution in [-0.4, -0.2) is 59.9 Å². The van der Waals surface area contributed by atoms with Crippen LogP contribution in [0.1, 0.15) is 45.4 Å². The predicted molar refractivity (Wildman–Crippen MR) is 87.7 cm³/mol. The third-order valence-corrected chi connectivity index (χ3v) is 6.53. The molecule has 0 aromatic carbocycles. The van der Waals surface area contributed by atoms with Crippen LogP contribution in [0.15, 0.2) is 0 Å². The second-order valence-electron chi connectivity index (χ2n) is 8.10. The Hall–Kier alpha value is -1.10. The van der Waals surface area contributed by atoms with Gasteiger partial charge in [0.25, 0.3) is 0 Å². The number of rotatable bonds is 4. The maximum atomic E-state index is 12.8. The molecule has 4 rings (SSSR count). The third kappa shape index (κ3) is 3.12. The van der Waals surface area contributed by atoms with E-state index in [1.54, 1.807) is 0 Å². The minimum absolute atomic E-state index is 0.0738. The summed E-state index contributed by atoms with van der Waals surface area (Å²) in [6.45, 7) is 5.21. The van der Waals surface area contributed by atoms with E-state index in [1.807, 2.05) is 6.92 Å². The van der Waals surface area contributed by atoms with E-state index in [2.05, 4.69) is 15.1 Å². The van der Waals surface area contributed by atoms with E-state index in [1.165, 1.54) is 19.3 Å². The molecular weight excluding hydrogens is 290 g/mol. The van der Waals surface area contributed by atoms with E-state index in [9.17, 15) is 9.59 Å². The molecule has 1 aliphatic heterocycles. The monoisotopic (exact) mass is 319 g/mol. The highest BCUT2D eigenvalue weighted by molar-refractivity contribution is 5.82. The standard InChI is InChI=1S/C18H29N3O2/c1-12(17(22)19-15-4-5-15)20-6-8-21(9-7-20)18(23)16-11-13-2-3-14(16)10-13/h12-16H,2-11H2,1H3,(H,19,22). The molecule has 0 radical (unpaired) electrons. The number of carbonyl (C=O) groups excluding carboxylic acids is 2. The van der Waals surface area contributed by atoms with Crippen molar-refractivity contribution >= 4 is 11.8 Å². The van der Waals surface area contributed by atoms with E-state index in [-0.39, 0.29) is 11.9 Å². The van der Waals surface area contributed by atoms with Gasteiger partial charge in [-0.1, -0.05) is 6.42 Å². The van der Waals surface area contributed by atoms with Crippen molar-refractivity contribution in [3.63, 3.8) is 0 Å². The molecule has 5 heteroatoms. The number of piperazine rings is 1. The van der Waals surface area contributed by atoms with Gasteiger partial charge in [0, 0.05) is 38.1 Å². The molecule has 2 bridgehead atoms. The van der Waals surface area contributed by atoms with Crippen LogP contribution in [-0.2, 0) is 9.59 Å². The number of nitrogens with one attached hydrogen (secondary N) is 1. The summed E-state index contributed by atoms with van der Waals surface area (Å²) in [6.07, 6.45) is 7.28. The van der Waals surface area contributed by atoms with E-state index >= 15 is 0 Å². The van der Waals surface area contributed by atoms with Crippen molar-refractivity contribution < 1.29 is 9.59 Å². The van der Waals surface area contributed by atoms with Gasteiger partial charge in [0.05, 0.1) is 6.04 Å². The van der Waals surface area contributed by atoms with Crippen molar-refractivity contribution in [2.45, 2.75) is 57.5 Å². The summed E-state index contributed by atoms with van der Waals surface area (Å²) < 4.78 is 0. The Bertz CT molecular complexity index is 483. The maximum Gasteiger partial charge on any atom is 0.237 e. The Morgan fingerprint density at radius 3 is 2.30 bits per heavy atom. The number of carbonyl (C=O) groups is 2. The highest BCUT2D eigenvalue weighted by atomic mass is 16.2. The average molecular weight is 319 g/mol. The van der Waals surface area contributed by atoms with Crippen LogP contribution >= 0.6 is 0 Å². The summed E-state index contributed by atoms with van der Waals surface area (Å²) in [6, 6.07) is 0.348. The number of hydrogen-bond acceptors (Lipinski definition) is 3. The summed E-state index contributed by atoms with van der Waals surface area (Å²) in [4.78, 5) is 29.2. The van der Waals surface area contributed by atoms with Crippen molar-refractivity contribution in [2.24, 2.45) is 17.8 Å². The SMILES string of the molecule is CC(C(=O)NC1CC1)N1CCN(C(=O)C2CC3CCC2C3)CC1. The lowest BCUT2D eigenvalue weighted by molar-refractivity contribution is -0.139. The predicted octanol–water partition coefficient (Wildman–Crippen LogP) is 1.23. The van der Waals surface area contributed by atoms with E-state index in [4.69, 9.17) is 0 Å². The summed E-state index contributed by atoms with van der Waals surface area (Å²) in [7, 11) is 0. The molecule has 2 amide bonds. The fourth-order valence-corrected chi connectivity index (χ4v) is 4.83. The molecule has 128 valence electrons. The Morgan fingerprint density at radius 2 is 1.74 bits per heavy atom. The smallest absolute Gasteiger partial charge is 0.237 e. The van der Waals surface area contributed by atoms with Crippen LogP contribution in [0.3, 0.4) is 0 Å². The molecular formula is C18H29N3O2. The van der Waals surface area contributed by atoms with Crippen molar-refractivity contribution in [3.05, 3.63) is 0 Å². The number of nitrogens with zero attached hydrogens (tertiary/aromatic N) is 2. The van der Waals surface area contributed by atoms with Gasteiger partial charge in [0.2, 0.25) is 11.8 Å². The lowest BCUT2D eigenvalue weighted by atomic mass is 9.87. The fraction of sp³-hybridized carbons (Fsp3) is 0.889. The van der Waals surface area contributed by atoms with Crippen LogP contribution in [0, 0.1) is 17.8 Å². The first-order chi connectivity index (χ1) is 11.1. The first-order valence-electron chi connectivity index (χ1n) is 9.45. The maximum absolute atomic E-state index is 12.8. The zero-order valence-corrected chi connectivity index (χ0v) is 14.2. The second-order valence-corrected chi connectivity index (χ2v) is 8.10. The minimum atomic E-state index is -0.0738. The normalized spacial score (nSPS) is 35.3. The lowest BCUT2D eigenvalue weighted by Crippen LogP contribution is -2.56. The Balaban J connectivity index is 1.27. The zero-order valence-electron chi connectivity index (χ0n) is 14.2. The molecule has 4 unspecified atom stereocenters. The first-order valence-corrected chi connectivity index (χ1v) is 9.45. The van der Waals surface area contributed by atoms with Gasteiger partial charge < -0.3 is 10.2 Å². The van der Waals surface area contributed by atoms with Crippen molar-refractivity contribution in [3.8, 4) is 0 Å². The van der Waals surface area contributed by atoms with Gasteiger partial charge in [-0.05, 0) is 50.9 Å². The molecule has 23 heavy (non-hydrogen) atoms. The minimum Gasteiger partial charge on any atom is -0.352 e. The molecule has 4 atom stereocenters. The van der Waals surface area contributed by atoms with Crippen molar-refractivity contribution in [1.82, 2.24) is 15.1 Å². The Morgan fingerprint density at radius 1 is 1.00 bits per heavy atom. The van der Waals surface area contributed by atoms with Gasteiger partial charge in [-0.25, -0.2) is 0 Å². The Labute approximate surface area is 138 Å². The molecule has 3 aliphatic carbocycles.